The quantitative estimate of drug-likeness (QED) is 0.366. The van der Waals surface area contributed by atoms with Crippen LogP contribution in [0.2, 0.25) is 0 Å². The molecule has 0 bridgehead atoms. The Morgan fingerprint density at radius 2 is 1.80 bits per heavy atom. The van der Waals surface area contributed by atoms with Gasteiger partial charge in [0.1, 0.15) is 5.60 Å². The Kier molecular flexibility index (Phi) is 7.78. The van der Waals surface area contributed by atoms with Crippen LogP contribution in [0.25, 0.3) is 0 Å². The van der Waals surface area contributed by atoms with Crippen molar-refractivity contribution in [2.24, 2.45) is 5.92 Å². The average Bonchev–Trinajstić information content (AvgIpc) is 2.51. The first-order chi connectivity index (χ1) is 11.6. The Labute approximate surface area is 189 Å². The van der Waals surface area contributed by atoms with Crippen LogP contribution in [0.4, 0.5) is 5.69 Å². The average molecular weight is 682 g/mol. The Bertz CT molecular complexity index is 686. The summed E-state index contributed by atoms with van der Waals surface area (Å²) in [4.78, 5) is 24.4. The highest BCUT2D eigenvalue weighted by atomic mass is 127. The van der Waals surface area contributed by atoms with Crippen LogP contribution in [0.1, 0.15) is 44.0 Å². The van der Waals surface area contributed by atoms with Crippen molar-refractivity contribution in [3.63, 3.8) is 0 Å². The summed E-state index contributed by atoms with van der Waals surface area (Å²) in [5.41, 5.74) is 0.663. The largest absolute Gasteiger partial charge is 0.456 e. The molecule has 1 heterocycles. The first kappa shape index (κ1) is 21.6. The molecule has 2 N–H and O–H groups in total. The zero-order valence-corrected chi connectivity index (χ0v) is 20.8. The van der Waals surface area contributed by atoms with Crippen molar-refractivity contribution >= 4 is 85.3 Å². The molecule has 0 radical (unpaired) electrons. The third kappa shape index (κ3) is 5.41. The number of rotatable bonds is 4. The van der Waals surface area contributed by atoms with Gasteiger partial charge >= 0.3 is 5.97 Å². The van der Waals surface area contributed by atoms with E-state index in [-0.39, 0.29) is 11.9 Å². The van der Waals surface area contributed by atoms with E-state index in [9.17, 15) is 9.59 Å². The summed E-state index contributed by atoms with van der Waals surface area (Å²) in [6.45, 7) is 7.35. The van der Waals surface area contributed by atoms with Crippen molar-refractivity contribution in [2.45, 2.75) is 39.2 Å². The Hall–Kier alpha value is 0.310. The van der Waals surface area contributed by atoms with Gasteiger partial charge in [-0.25, -0.2) is 4.79 Å². The fourth-order valence-electron chi connectivity index (χ4n) is 2.96. The van der Waals surface area contributed by atoms with Gasteiger partial charge in [0.25, 0.3) is 0 Å². The van der Waals surface area contributed by atoms with Crippen molar-refractivity contribution in [3.8, 4) is 0 Å². The van der Waals surface area contributed by atoms with Gasteiger partial charge < -0.3 is 15.4 Å². The molecule has 1 fully saturated rings. The number of ether oxygens (including phenoxy) is 1. The minimum atomic E-state index is -0.525. The van der Waals surface area contributed by atoms with Crippen LogP contribution in [0.5, 0.6) is 0 Å². The van der Waals surface area contributed by atoms with Gasteiger partial charge in [-0.1, -0.05) is 0 Å². The highest BCUT2D eigenvalue weighted by molar-refractivity contribution is 14.1. The molecule has 0 unspecified atom stereocenters. The van der Waals surface area contributed by atoms with Crippen LogP contribution in [0.15, 0.2) is 6.07 Å². The third-order valence-corrected chi connectivity index (χ3v) is 7.13. The molecule has 0 atom stereocenters. The van der Waals surface area contributed by atoms with E-state index in [1.54, 1.807) is 0 Å². The van der Waals surface area contributed by atoms with Crippen LogP contribution in [-0.4, -0.2) is 30.6 Å². The molecule has 1 saturated heterocycles. The van der Waals surface area contributed by atoms with Gasteiger partial charge in [0.2, 0.25) is 5.91 Å². The first-order valence-electron chi connectivity index (χ1n) is 8.02. The lowest BCUT2D eigenvalue weighted by Crippen LogP contribution is -2.43. The predicted octanol–water partition coefficient (Wildman–Crippen LogP) is 4.39. The summed E-state index contributed by atoms with van der Waals surface area (Å²) in [6.07, 6.45) is 2.00. The summed E-state index contributed by atoms with van der Waals surface area (Å²) in [6, 6.07) is 1.89. The molecule has 0 spiro atoms. The van der Waals surface area contributed by atoms with E-state index >= 15 is 0 Å². The molecule has 1 aliphatic heterocycles. The minimum absolute atomic E-state index is 0.161. The summed E-state index contributed by atoms with van der Waals surface area (Å²) >= 11 is 6.43. The SMILES string of the molecule is CC(=O)Nc1c(I)cc(I)c(C(=O)OC(C)(C)C2CCNCC2)c1I. The summed E-state index contributed by atoms with van der Waals surface area (Å²) in [5.74, 6) is -0.154. The number of nitrogens with one attached hydrogen (secondary N) is 2. The van der Waals surface area contributed by atoms with E-state index in [2.05, 4.69) is 78.4 Å². The number of anilines is 1. The smallest absolute Gasteiger partial charge is 0.340 e. The van der Waals surface area contributed by atoms with Gasteiger partial charge in [-0.15, -0.1) is 0 Å². The molecule has 25 heavy (non-hydrogen) atoms. The molecule has 8 heteroatoms. The number of carbonyl (C=O) groups excluding carboxylic acids is 2. The number of benzene rings is 1. The number of halogens is 3. The van der Waals surface area contributed by atoms with E-state index in [0.717, 1.165) is 36.6 Å². The third-order valence-electron chi connectivity index (χ3n) is 4.35. The second-order valence-electron chi connectivity index (χ2n) is 6.60. The molecular weight excluding hydrogens is 661 g/mol. The maximum absolute atomic E-state index is 12.9. The minimum Gasteiger partial charge on any atom is -0.456 e. The Balaban J connectivity index is 2.30. The van der Waals surface area contributed by atoms with Crippen molar-refractivity contribution in [1.82, 2.24) is 5.32 Å². The highest BCUT2D eigenvalue weighted by Crippen LogP contribution is 2.35. The van der Waals surface area contributed by atoms with Gasteiger partial charge in [-0.05, 0) is 114 Å². The van der Waals surface area contributed by atoms with E-state index in [0.29, 0.717) is 17.2 Å². The molecular formula is C17H21I3N2O3. The molecule has 0 aromatic heterocycles. The Morgan fingerprint density at radius 1 is 1.20 bits per heavy atom. The second kappa shape index (κ2) is 9.00. The van der Waals surface area contributed by atoms with Gasteiger partial charge in [0.05, 0.1) is 14.8 Å². The van der Waals surface area contributed by atoms with E-state index in [1.807, 2.05) is 19.9 Å². The van der Waals surface area contributed by atoms with Gasteiger partial charge in [-0.2, -0.15) is 0 Å². The van der Waals surface area contributed by atoms with Crippen LogP contribution in [0.3, 0.4) is 0 Å². The summed E-state index contributed by atoms with van der Waals surface area (Å²) < 4.78 is 8.38. The van der Waals surface area contributed by atoms with Crippen molar-refractivity contribution in [1.29, 1.82) is 0 Å². The summed E-state index contributed by atoms with van der Waals surface area (Å²) in [7, 11) is 0. The van der Waals surface area contributed by atoms with Crippen molar-refractivity contribution in [2.75, 3.05) is 18.4 Å². The van der Waals surface area contributed by atoms with Crippen LogP contribution in [-0.2, 0) is 9.53 Å². The monoisotopic (exact) mass is 682 g/mol. The number of piperidine rings is 1. The number of hydrogen-bond donors (Lipinski definition) is 2. The van der Waals surface area contributed by atoms with Gasteiger partial charge in [0.15, 0.2) is 0 Å². The maximum atomic E-state index is 12.9. The first-order valence-corrected chi connectivity index (χ1v) is 11.3. The van der Waals surface area contributed by atoms with Gasteiger partial charge in [-0.3, -0.25) is 4.79 Å². The van der Waals surface area contributed by atoms with Crippen molar-refractivity contribution < 1.29 is 14.3 Å². The Morgan fingerprint density at radius 3 is 2.36 bits per heavy atom. The summed E-state index contributed by atoms with van der Waals surface area (Å²) in [5, 5.41) is 6.15. The fourth-order valence-corrected chi connectivity index (χ4v) is 7.04. The van der Waals surface area contributed by atoms with E-state index in [1.165, 1.54) is 6.92 Å². The molecule has 5 nitrogen and oxygen atoms in total. The lowest BCUT2D eigenvalue weighted by atomic mass is 9.83. The van der Waals surface area contributed by atoms with Crippen LogP contribution >= 0.6 is 67.8 Å². The van der Waals surface area contributed by atoms with Gasteiger partial charge in [0, 0.05) is 20.0 Å². The maximum Gasteiger partial charge on any atom is 0.340 e. The molecule has 1 aliphatic rings. The fraction of sp³-hybridized carbons (Fsp3) is 0.529. The number of carbonyl (C=O) groups is 2. The topological polar surface area (TPSA) is 67.4 Å². The predicted molar refractivity (Wildman–Crippen MR) is 124 cm³/mol. The molecule has 1 amide bonds. The molecule has 138 valence electrons. The molecule has 1 aromatic rings. The molecule has 0 saturated carbocycles. The highest BCUT2D eigenvalue weighted by Gasteiger charge is 2.35. The van der Waals surface area contributed by atoms with E-state index < -0.39 is 5.60 Å². The number of hydrogen-bond acceptors (Lipinski definition) is 4. The molecule has 0 aliphatic carbocycles. The lowest BCUT2D eigenvalue weighted by Gasteiger charge is -2.36. The lowest BCUT2D eigenvalue weighted by molar-refractivity contribution is -0.114. The van der Waals surface area contributed by atoms with E-state index in [4.69, 9.17) is 4.74 Å². The second-order valence-corrected chi connectivity index (χ2v) is 10.0. The normalized spacial score (nSPS) is 15.8. The van der Waals surface area contributed by atoms with Crippen LogP contribution < -0.4 is 10.6 Å². The molecule has 1 aromatic carbocycles. The zero-order valence-electron chi connectivity index (χ0n) is 14.3. The van der Waals surface area contributed by atoms with Crippen LogP contribution in [0, 0.1) is 16.6 Å². The standard InChI is InChI=1S/C17H21I3N2O3/c1-9(23)22-15-12(19)8-11(18)13(14(15)20)16(24)25-17(2,3)10-4-6-21-7-5-10/h8,10,21H,4-7H2,1-3H3,(H,22,23). The van der Waals surface area contributed by atoms with Crippen molar-refractivity contribution in [3.05, 3.63) is 22.3 Å². The number of amides is 1. The molecule has 2 rings (SSSR count). The number of esters is 1. The zero-order chi connectivity index (χ0) is 18.8.